The Kier molecular flexibility index (Phi) is 8.97. The van der Waals surface area contributed by atoms with Crippen LogP contribution in [0.5, 0.6) is 0 Å². The number of nitrogens with zero attached hydrogens (tertiary/aromatic N) is 1. The lowest BCUT2D eigenvalue weighted by Crippen LogP contribution is -2.51. The predicted molar refractivity (Wildman–Crippen MR) is 72.9 cm³/mol. The first-order chi connectivity index (χ1) is 8.46. The van der Waals surface area contributed by atoms with Gasteiger partial charge in [0, 0.05) is 26.8 Å². The van der Waals surface area contributed by atoms with Crippen molar-refractivity contribution in [2.45, 2.75) is 38.6 Å². The number of carboxylic acid groups (broad SMARTS) is 1. The highest BCUT2D eigenvalue weighted by Gasteiger charge is 2.31. The second kappa shape index (κ2) is 9.30. The van der Waals surface area contributed by atoms with E-state index in [1.165, 1.54) is 0 Å². The number of carboxylic acids is 1. The summed E-state index contributed by atoms with van der Waals surface area (Å²) in [7, 11) is 3.70. The molecule has 0 bridgehead atoms. The van der Waals surface area contributed by atoms with Crippen LogP contribution in [-0.2, 0) is 9.53 Å². The maximum Gasteiger partial charge on any atom is 0.323 e. The first-order valence-corrected chi connectivity index (χ1v) is 6.62. The molecule has 0 saturated heterocycles. The molecule has 0 rings (SSSR count). The van der Waals surface area contributed by atoms with Gasteiger partial charge >= 0.3 is 5.97 Å². The van der Waals surface area contributed by atoms with Gasteiger partial charge in [-0.3, -0.25) is 4.79 Å². The Morgan fingerprint density at radius 3 is 2.61 bits per heavy atom. The van der Waals surface area contributed by atoms with Crippen molar-refractivity contribution in [1.82, 2.24) is 10.2 Å². The van der Waals surface area contributed by atoms with E-state index in [0.29, 0.717) is 6.42 Å². The summed E-state index contributed by atoms with van der Waals surface area (Å²) in [6.45, 7) is 6.96. The number of carbonyl (C=O) groups is 1. The van der Waals surface area contributed by atoms with Crippen LogP contribution in [0.15, 0.2) is 0 Å². The molecule has 5 heteroatoms. The van der Waals surface area contributed by atoms with Crippen LogP contribution >= 0.6 is 0 Å². The van der Waals surface area contributed by atoms with Crippen LogP contribution in [0.2, 0.25) is 0 Å². The Bertz CT molecular complexity index is 236. The lowest BCUT2D eigenvalue weighted by molar-refractivity contribution is -0.144. The minimum atomic E-state index is -0.828. The Hall–Kier alpha value is -0.650. The molecule has 0 aromatic heterocycles. The van der Waals surface area contributed by atoms with Crippen LogP contribution in [-0.4, -0.2) is 61.9 Å². The van der Waals surface area contributed by atoms with E-state index in [2.05, 4.69) is 10.2 Å². The molecule has 0 aromatic rings. The lowest BCUT2D eigenvalue weighted by Gasteiger charge is -2.28. The standard InChI is InChI=1S/C13H28N2O3/c1-5-8-14-13(2,12(16)17)7-10-15(3)9-6-11-18-4/h14H,5-11H2,1-4H3,(H,16,17). The summed E-state index contributed by atoms with van der Waals surface area (Å²) < 4.78 is 5.00. The Labute approximate surface area is 110 Å². The molecule has 0 amide bonds. The van der Waals surface area contributed by atoms with Gasteiger partial charge in [0.2, 0.25) is 0 Å². The van der Waals surface area contributed by atoms with Crippen molar-refractivity contribution in [2.75, 3.05) is 40.4 Å². The average molecular weight is 260 g/mol. The quantitative estimate of drug-likeness (QED) is 0.546. The third-order valence-corrected chi connectivity index (χ3v) is 3.12. The zero-order valence-electron chi connectivity index (χ0n) is 12.2. The molecule has 2 N–H and O–H groups in total. The zero-order valence-corrected chi connectivity index (χ0v) is 12.2. The van der Waals surface area contributed by atoms with Crippen molar-refractivity contribution in [3.63, 3.8) is 0 Å². The number of rotatable bonds is 11. The fraction of sp³-hybridized carbons (Fsp3) is 0.923. The number of hydrogen-bond donors (Lipinski definition) is 2. The maximum absolute atomic E-state index is 11.3. The van der Waals surface area contributed by atoms with Gasteiger partial charge in [0.25, 0.3) is 0 Å². The molecule has 0 aromatic carbocycles. The maximum atomic E-state index is 11.3. The highest BCUT2D eigenvalue weighted by Crippen LogP contribution is 2.11. The van der Waals surface area contributed by atoms with E-state index in [1.54, 1.807) is 14.0 Å². The van der Waals surface area contributed by atoms with Crippen LogP contribution in [0.1, 0.15) is 33.1 Å². The van der Waals surface area contributed by atoms with E-state index in [1.807, 2.05) is 14.0 Å². The summed E-state index contributed by atoms with van der Waals surface area (Å²) in [5.41, 5.74) is -0.828. The van der Waals surface area contributed by atoms with Crippen molar-refractivity contribution >= 4 is 5.97 Å². The number of ether oxygens (including phenoxy) is 1. The van der Waals surface area contributed by atoms with Crippen molar-refractivity contribution in [3.05, 3.63) is 0 Å². The molecule has 5 nitrogen and oxygen atoms in total. The van der Waals surface area contributed by atoms with Gasteiger partial charge in [-0.25, -0.2) is 0 Å². The normalized spacial score (nSPS) is 14.7. The van der Waals surface area contributed by atoms with E-state index in [4.69, 9.17) is 4.74 Å². The van der Waals surface area contributed by atoms with Gasteiger partial charge in [-0.05, 0) is 39.8 Å². The molecule has 0 spiro atoms. The molecule has 0 aliphatic carbocycles. The van der Waals surface area contributed by atoms with Crippen LogP contribution in [0.25, 0.3) is 0 Å². The molecule has 18 heavy (non-hydrogen) atoms. The number of aliphatic carboxylic acids is 1. The Morgan fingerprint density at radius 2 is 2.11 bits per heavy atom. The summed E-state index contributed by atoms with van der Waals surface area (Å²) >= 11 is 0. The van der Waals surface area contributed by atoms with Crippen molar-refractivity contribution in [1.29, 1.82) is 0 Å². The summed E-state index contributed by atoms with van der Waals surface area (Å²) in [6.07, 6.45) is 2.51. The molecular weight excluding hydrogens is 232 g/mol. The molecule has 1 atom stereocenters. The van der Waals surface area contributed by atoms with Gasteiger partial charge in [-0.2, -0.15) is 0 Å². The molecule has 0 aliphatic rings. The second-order valence-corrected chi connectivity index (χ2v) is 4.96. The summed E-state index contributed by atoms with van der Waals surface area (Å²) in [5, 5.41) is 12.4. The van der Waals surface area contributed by atoms with E-state index in [9.17, 15) is 9.90 Å². The van der Waals surface area contributed by atoms with Gasteiger partial charge in [-0.15, -0.1) is 0 Å². The molecule has 0 aliphatic heterocycles. The van der Waals surface area contributed by atoms with Crippen LogP contribution in [0.4, 0.5) is 0 Å². The van der Waals surface area contributed by atoms with Gasteiger partial charge in [0.05, 0.1) is 0 Å². The van der Waals surface area contributed by atoms with Crippen molar-refractivity contribution in [2.24, 2.45) is 0 Å². The van der Waals surface area contributed by atoms with Crippen LogP contribution in [0, 0.1) is 0 Å². The number of methoxy groups -OCH3 is 1. The minimum Gasteiger partial charge on any atom is -0.480 e. The monoisotopic (exact) mass is 260 g/mol. The molecular formula is C13H28N2O3. The zero-order chi connectivity index (χ0) is 14.0. The van der Waals surface area contributed by atoms with E-state index in [0.717, 1.165) is 39.1 Å². The van der Waals surface area contributed by atoms with Gasteiger partial charge < -0.3 is 20.1 Å². The number of hydrogen-bond acceptors (Lipinski definition) is 4. The molecule has 0 saturated carbocycles. The van der Waals surface area contributed by atoms with E-state index in [-0.39, 0.29) is 0 Å². The van der Waals surface area contributed by atoms with Gasteiger partial charge in [0.1, 0.15) is 5.54 Å². The Balaban J connectivity index is 4.06. The summed E-state index contributed by atoms with van der Waals surface area (Å²) in [6, 6.07) is 0. The van der Waals surface area contributed by atoms with Crippen LogP contribution < -0.4 is 5.32 Å². The lowest BCUT2D eigenvalue weighted by atomic mass is 9.97. The fourth-order valence-electron chi connectivity index (χ4n) is 1.68. The highest BCUT2D eigenvalue weighted by atomic mass is 16.5. The predicted octanol–water partition coefficient (Wildman–Crippen LogP) is 1.19. The summed E-state index contributed by atoms with van der Waals surface area (Å²) in [5.74, 6) is -0.777. The minimum absolute atomic E-state index is 0.603. The molecule has 108 valence electrons. The molecule has 1 unspecified atom stereocenters. The third kappa shape index (κ3) is 6.93. The summed E-state index contributed by atoms with van der Waals surface area (Å²) in [4.78, 5) is 13.4. The van der Waals surface area contributed by atoms with E-state index >= 15 is 0 Å². The largest absolute Gasteiger partial charge is 0.480 e. The number of nitrogens with one attached hydrogen (secondary N) is 1. The topological polar surface area (TPSA) is 61.8 Å². The molecule has 0 heterocycles. The SMILES string of the molecule is CCCNC(C)(CCN(C)CCCOC)C(=O)O. The second-order valence-electron chi connectivity index (χ2n) is 4.96. The Morgan fingerprint density at radius 1 is 1.44 bits per heavy atom. The van der Waals surface area contributed by atoms with Crippen molar-refractivity contribution < 1.29 is 14.6 Å². The average Bonchev–Trinajstić information content (AvgIpc) is 2.34. The highest BCUT2D eigenvalue weighted by molar-refractivity contribution is 5.78. The van der Waals surface area contributed by atoms with Gasteiger partial charge in [0.15, 0.2) is 0 Å². The van der Waals surface area contributed by atoms with Gasteiger partial charge in [-0.1, -0.05) is 6.92 Å². The smallest absolute Gasteiger partial charge is 0.323 e. The first-order valence-electron chi connectivity index (χ1n) is 6.62. The first kappa shape index (κ1) is 17.4. The molecule has 0 radical (unpaired) electrons. The third-order valence-electron chi connectivity index (χ3n) is 3.12. The van der Waals surface area contributed by atoms with Crippen molar-refractivity contribution in [3.8, 4) is 0 Å². The van der Waals surface area contributed by atoms with E-state index < -0.39 is 11.5 Å². The molecule has 0 fully saturated rings. The fourth-order valence-corrected chi connectivity index (χ4v) is 1.68. The van der Waals surface area contributed by atoms with Crippen LogP contribution in [0.3, 0.4) is 0 Å².